The highest BCUT2D eigenvalue weighted by Crippen LogP contribution is 2.73. The van der Waals surface area contributed by atoms with Crippen LogP contribution in [0.3, 0.4) is 0 Å². The van der Waals surface area contributed by atoms with Crippen molar-refractivity contribution in [2.24, 2.45) is 58.0 Å². The monoisotopic (exact) mass is 461 g/mol. The molecule has 0 aromatic heterocycles. The first kappa shape index (κ1) is 23.2. The van der Waals surface area contributed by atoms with E-state index in [1.807, 2.05) is 0 Å². The second-order valence-electron chi connectivity index (χ2n) is 13.8. The SMILES string of the molecule is C[C@@H]1CC[C@@]2(OC1)O[C@H]1C[C@H]3[C@@H]4CC[C@H]5C[C@@H](O)CC[C@]5(C)[C@H]4C[C@@](O)(CN)[C@]3(C)[C@H]1[C@@H]2C. The second-order valence-corrected chi connectivity index (χ2v) is 13.8. The molecule has 2 aliphatic heterocycles. The molecule has 33 heavy (non-hydrogen) atoms. The molecule has 0 aromatic carbocycles. The molecule has 6 aliphatic rings. The van der Waals surface area contributed by atoms with Gasteiger partial charge in [0, 0.05) is 30.2 Å². The summed E-state index contributed by atoms with van der Waals surface area (Å²) >= 11 is 0. The highest BCUT2D eigenvalue weighted by atomic mass is 16.7. The zero-order valence-corrected chi connectivity index (χ0v) is 21.3. The van der Waals surface area contributed by atoms with Crippen molar-refractivity contribution < 1.29 is 19.7 Å². The highest BCUT2D eigenvalue weighted by molar-refractivity contribution is 5.22. The molecule has 13 atom stereocenters. The van der Waals surface area contributed by atoms with Gasteiger partial charge in [0.1, 0.15) is 0 Å². The summed E-state index contributed by atoms with van der Waals surface area (Å²) in [5.74, 6) is 2.84. The van der Waals surface area contributed by atoms with Crippen LogP contribution in [0.15, 0.2) is 0 Å². The Kier molecular flexibility index (Phi) is 5.21. The molecule has 2 saturated heterocycles. The number of fused-ring (bicyclic) bond motifs is 7. The maximum absolute atomic E-state index is 12.4. The lowest BCUT2D eigenvalue weighted by molar-refractivity contribution is -0.277. The van der Waals surface area contributed by atoms with E-state index in [0.717, 1.165) is 51.6 Å². The molecule has 188 valence electrons. The number of rotatable bonds is 1. The van der Waals surface area contributed by atoms with Gasteiger partial charge in [-0.15, -0.1) is 0 Å². The average Bonchev–Trinajstić information content (AvgIpc) is 3.23. The Morgan fingerprint density at radius 2 is 1.79 bits per heavy atom. The summed E-state index contributed by atoms with van der Waals surface area (Å²) in [7, 11) is 0. The van der Waals surface area contributed by atoms with E-state index in [4.69, 9.17) is 15.2 Å². The maximum atomic E-state index is 12.4. The van der Waals surface area contributed by atoms with Crippen molar-refractivity contribution >= 4 is 0 Å². The third kappa shape index (κ3) is 2.89. The van der Waals surface area contributed by atoms with Gasteiger partial charge in [-0.1, -0.05) is 27.7 Å². The van der Waals surface area contributed by atoms with Crippen LogP contribution < -0.4 is 5.73 Å². The van der Waals surface area contributed by atoms with Crippen LogP contribution >= 0.6 is 0 Å². The summed E-state index contributed by atoms with van der Waals surface area (Å²) < 4.78 is 13.3. The van der Waals surface area contributed by atoms with E-state index in [-0.39, 0.29) is 29.0 Å². The van der Waals surface area contributed by atoms with Gasteiger partial charge >= 0.3 is 0 Å². The van der Waals surface area contributed by atoms with E-state index in [1.54, 1.807) is 0 Å². The van der Waals surface area contributed by atoms with Crippen molar-refractivity contribution in [3.05, 3.63) is 0 Å². The van der Waals surface area contributed by atoms with E-state index in [1.165, 1.54) is 12.8 Å². The lowest BCUT2D eigenvalue weighted by Crippen LogP contribution is -2.67. The van der Waals surface area contributed by atoms with E-state index in [9.17, 15) is 10.2 Å². The number of hydrogen-bond acceptors (Lipinski definition) is 5. The molecular weight excluding hydrogens is 414 g/mol. The van der Waals surface area contributed by atoms with Crippen molar-refractivity contribution in [3.63, 3.8) is 0 Å². The lowest BCUT2D eigenvalue weighted by atomic mass is 9.41. The minimum atomic E-state index is -0.871. The minimum absolute atomic E-state index is 0.142. The first-order chi connectivity index (χ1) is 15.6. The third-order valence-electron chi connectivity index (χ3n) is 12.7. The van der Waals surface area contributed by atoms with Gasteiger partial charge in [-0.25, -0.2) is 0 Å². The summed E-state index contributed by atoms with van der Waals surface area (Å²) in [6.45, 7) is 10.5. The van der Waals surface area contributed by atoms with Crippen LogP contribution in [0.25, 0.3) is 0 Å². The highest BCUT2D eigenvalue weighted by Gasteiger charge is 2.74. The maximum Gasteiger partial charge on any atom is 0.171 e. The van der Waals surface area contributed by atoms with Gasteiger partial charge in [0.2, 0.25) is 0 Å². The number of aliphatic hydroxyl groups excluding tert-OH is 1. The molecular formula is C28H47NO4. The van der Waals surface area contributed by atoms with Crippen molar-refractivity contribution in [1.82, 2.24) is 0 Å². The molecule has 0 unspecified atom stereocenters. The van der Waals surface area contributed by atoms with Gasteiger partial charge in [0.15, 0.2) is 5.79 Å². The van der Waals surface area contributed by atoms with Crippen molar-refractivity contribution in [2.45, 2.75) is 109 Å². The first-order valence-electron chi connectivity index (χ1n) is 14.0. The Morgan fingerprint density at radius 3 is 2.48 bits per heavy atom. The molecule has 6 fully saturated rings. The van der Waals surface area contributed by atoms with E-state index >= 15 is 0 Å². The fourth-order valence-corrected chi connectivity index (χ4v) is 10.7. The molecule has 0 amide bonds. The summed E-state index contributed by atoms with van der Waals surface area (Å²) in [4.78, 5) is 0. The lowest BCUT2D eigenvalue weighted by Gasteiger charge is -2.65. The summed E-state index contributed by atoms with van der Waals surface area (Å²) in [6.07, 6.45) is 9.37. The van der Waals surface area contributed by atoms with Crippen LogP contribution in [0.1, 0.15) is 85.5 Å². The standard InChI is InChI=1S/C28H47NO4/c1-16-7-10-28(32-14-16)17(2)24-23(33-28)12-21-20-6-5-18-11-19(30)8-9-25(18,3)22(20)13-27(31,15-29)26(21,24)4/h16-24,30-31H,5-15,29H2,1-4H3/t16-,17+,18+,19+,20+,21+,22+,23+,24+,25+,26+,27-,28-/m1/s1. The van der Waals surface area contributed by atoms with Crippen LogP contribution in [0.2, 0.25) is 0 Å². The number of hydrogen-bond donors (Lipinski definition) is 3. The normalized spacial score (nSPS) is 62.5. The van der Waals surface area contributed by atoms with Gasteiger partial charge < -0.3 is 25.4 Å². The molecule has 4 aliphatic carbocycles. The number of nitrogens with two attached hydrogens (primary N) is 1. The summed E-state index contributed by atoms with van der Waals surface area (Å²) in [5, 5.41) is 22.8. The van der Waals surface area contributed by atoms with Gasteiger partial charge in [-0.05, 0) is 86.4 Å². The molecule has 2 heterocycles. The average molecular weight is 462 g/mol. The Morgan fingerprint density at radius 1 is 1.00 bits per heavy atom. The second kappa shape index (κ2) is 7.41. The predicted octanol–water partition coefficient (Wildman–Crippen LogP) is 4.09. The first-order valence-corrected chi connectivity index (χ1v) is 14.0. The molecule has 0 bridgehead atoms. The quantitative estimate of drug-likeness (QED) is 0.548. The van der Waals surface area contributed by atoms with Crippen molar-refractivity contribution in [3.8, 4) is 0 Å². The predicted molar refractivity (Wildman–Crippen MR) is 127 cm³/mol. The van der Waals surface area contributed by atoms with Gasteiger partial charge in [-0.3, -0.25) is 0 Å². The minimum Gasteiger partial charge on any atom is -0.393 e. The smallest absolute Gasteiger partial charge is 0.171 e. The van der Waals surface area contributed by atoms with Crippen molar-refractivity contribution in [2.75, 3.05) is 13.2 Å². The van der Waals surface area contributed by atoms with Crippen LogP contribution in [0.4, 0.5) is 0 Å². The van der Waals surface area contributed by atoms with Gasteiger partial charge in [0.05, 0.1) is 24.4 Å². The zero-order valence-electron chi connectivity index (χ0n) is 21.3. The van der Waals surface area contributed by atoms with E-state index in [2.05, 4.69) is 27.7 Å². The number of aliphatic hydroxyl groups is 2. The summed E-state index contributed by atoms with van der Waals surface area (Å²) in [5.41, 5.74) is 5.59. The molecule has 5 heteroatoms. The molecule has 4 N–H and O–H groups in total. The molecule has 6 rings (SSSR count). The third-order valence-corrected chi connectivity index (χ3v) is 12.7. The molecule has 0 aromatic rings. The van der Waals surface area contributed by atoms with Crippen molar-refractivity contribution in [1.29, 1.82) is 0 Å². The fourth-order valence-electron chi connectivity index (χ4n) is 10.7. The molecule has 5 nitrogen and oxygen atoms in total. The zero-order chi connectivity index (χ0) is 23.4. The van der Waals surface area contributed by atoms with Crippen LogP contribution in [-0.2, 0) is 9.47 Å². The molecule has 4 saturated carbocycles. The summed E-state index contributed by atoms with van der Waals surface area (Å²) in [6, 6.07) is 0. The van der Waals surface area contributed by atoms with Crippen LogP contribution in [0, 0.1) is 52.3 Å². The van der Waals surface area contributed by atoms with Gasteiger partial charge in [0.25, 0.3) is 0 Å². The van der Waals surface area contributed by atoms with Gasteiger partial charge in [-0.2, -0.15) is 0 Å². The Hall–Kier alpha value is -0.200. The van der Waals surface area contributed by atoms with Crippen LogP contribution in [-0.4, -0.2) is 47.0 Å². The van der Waals surface area contributed by atoms with Crippen LogP contribution in [0.5, 0.6) is 0 Å². The topological polar surface area (TPSA) is 84.9 Å². The Bertz CT molecular complexity index is 782. The number of ether oxygens (including phenoxy) is 2. The molecule has 1 spiro atoms. The Labute approximate surface area is 200 Å². The Balaban J connectivity index is 1.36. The van der Waals surface area contributed by atoms with E-state index < -0.39 is 11.4 Å². The van der Waals surface area contributed by atoms with E-state index in [0.29, 0.717) is 42.1 Å². The molecule has 0 radical (unpaired) electrons. The fraction of sp³-hybridized carbons (Fsp3) is 1.00. The largest absolute Gasteiger partial charge is 0.393 e.